The normalized spacial score (nSPS) is 10.9. The van der Waals surface area contributed by atoms with Crippen LogP contribution in [0, 0.1) is 0 Å². The predicted molar refractivity (Wildman–Crippen MR) is 120 cm³/mol. The molecule has 31 heavy (non-hydrogen) atoms. The topological polar surface area (TPSA) is 80.6 Å². The molecule has 0 radical (unpaired) electrons. The van der Waals surface area contributed by atoms with E-state index in [2.05, 4.69) is 15.5 Å². The molecule has 1 aromatic heterocycles. The van der Waals surface area contributed by atoms with E-state index in [0.29, 0.717) is 21.9 Å². The number of pyridine rings is 1. The number of carbonyl (C=O) groups excluding carboxylic acids is 2. The van der Waals surface area contributed by atoms with Crippen molar-refractivity contribution in [3.8, 4) is 5.75 Å². The van der Waals surface area contributed by atoms with Crippen molar-refractivity contribution in [3.05, 3.63) is 107 Å². The van der Waals surface area contributed by atoms with Gasteiger partial charge in [0.05, 0.1) is 16.8 Å². The smallest absolute Gasteiger partial charge is 0.345 e. The lowest BCUT2D eigenvalue weighted by molar-refractivity contribution is 0.0734. The second kappa shape index (κ2) is 9.19. The Balaban J connectivity index is 1.65. The number of esters is 1. The highest BCUT2D eigenvalue weighted by molar-refractivity contribution is 6.33. The Labute approximate surface area is 183 Å². The number of aromatic nitrogens is 1. The van der Waals surface area contributed by atoms with Crippen LogP contribution < -0.4 is 10.2 Å². The standard InChI is InChI=1S/C24H16ClN3O3/c25-21-8-4-3-7-19(21)24(30)31-22-10-9-16-5-1-2-6-18(16)20(22)15-27-28-23(29)17-11-13-26-14-12-17/h1-15H,(H,28,29)/b27-15+. The van der Waals surface area contributed by atoms with Gasteiger partial charge in [0.25, 0.3) is 5.91 Å². The van der Waals surface area contributed by atoms with E-state index in [0.717, 1.165) is 10.8 Å². The minimum Gasteiger partial charge on any atom is -0.422 e. The first-order valence-electron chi connectivity index (χ1n) is 9.35. The monoisotopic (exact) mass is 429 g/mol. The molecule has 152 valence electrons. The molecule has 0 aliphatic carbocycles. The molecule has 0 unspecified atom stereocenters. The molecule has 0 fully saturated rings. The van der Waals surface area contributed by atoms with Crippen LogP contribution in [0.1, 0.15) is 26.3 Å². The Hall–Kier alpha value is -4.03. The van der Waals surface area contributed by atoms with Gasteiger partial charge >= 0.3 is 5.97 Å². The van der Waals surface area contributed by atoms with Gasteiger partial charge < -0.3 is 4.74 Å². The van der Waals surface area contributed by atoms with Crippen molar-refractivity contribution in [1.82, 2.24) is 10.4 Å². The molecule has 1 amide bonds. The number of nitrogens with one attached hydrogen (secondary N) is 1. The first-order valence-corrected chi connectivity index (χ1v) is 9.73. The molecule has 0 aliphatic rings. The molecule has 7 heteroatoms. The minimum atomic E-state index is -0.587. The van der Waals surface area contributed by atoms with Crippen LogP contribution in [0.4, 0.5) is 0 Å². The van der Waals surface area contributed by atoms with Crippen molar-refractivity contribution in [2.24, 2.45) is 5.10 Å². The van der Waals surface area contributed by atoms with Crippen molar-refractivity contribution < 1.29 is 14.3 Å². The van der Waals surface area contributed by atoms with Gasteiger partial charge in [0.2, 0.25) is 0 Å². The lowest BCUT2D eigenvalue weighted by atomic mass is 10.0. The van der Waals surface area contributed by atoms with Crippen molar-refractivity contribution in [3.63, 3.8) is 0 Å². The van der Waals surface area contributed by atoms with Crippen molar-refractivity contribution >= 4 is 40.5 Å². The Morgan fingerprint density at radius 3 is 2.48 bits per heavy atom. The maximum Gasteiger partial charge on any atom is 0.345 e. The number of benzene rings is 3. The summed E-state index contributed by atoms with van der Waals surface area (Å²) in [6.45, 7) is 0. The van der Waals surface area contributed by atoms with Crippen LogP contribution >= 0.6 is 11.6 Å². The average molecular weight is 430 g/mol. The predicted octanol–water partition coefficient (Wildman–Crippen LogP) is 4.87. The zero-order valence-electron chi connectivity index (χ0n) is 16.2. The molecular formula is C24H16ClN3O3. The van der Waals surface area contributed by atoms with Crippen molar-refractivity contribution in [2.75, 3.05) is 0 Å². The maximum absolute atomic E-state index is 12.7. The number of hydrogen-bond acceptors (Lipinski definition) is 5. The number of hydrazone groups is 1. The number of amides is 1. The van der Waals surface area contributed by atoms with Gasteiger partial charge in [0.1, 0.15) is 5.75 Å². The number of ether oxygens (including phenoxy) is 1. The van der Waals surface area contributed by atoms with Crippen molar-refractivity contribution in [2.45, 2.75) is 0 Å². The Morgan fingerprint density at radius 1 is 0.935 bits per heavy atom. The Bertz CT molecular complexity index is 1290. The molecule has 4 rings (SSSR count). The molecule has 1 N–H and O–H groups in total. The first kappa shape index (κ1) is 20.3. The second-order valence-corrected chi connectivity index (χ2v) is 6.91. The number of halogens is 1. The highest BCUT2D eigenvalue weighted by Gasteiger charge is 2.15. The summed E-state index contributed by atoms with van der Waals surface area (Å²) in [6, 6.07) is 20.9. The van der Waals surface area contributed by atoms with Gasteiger partial charge in [-0.25, -0.2) is 10.2 Å². The quantitative estimate of drug-likeness (QED) is 0.212. The number of nitrogens with zero attached hydrogens (tertiary/aromatic N) is 2. The summed E-state index contributed by atoms with van der Waals surface area (Å²) in [5.41, 5.74) is 3.71. The van der Waals surface area contributed by atoms with E-state index in [1.165, 1.54) is 18.6 Å². The van der Waals surface area contributed by atoms with Crippen LogP contribution in [0.25, 0.3) is 10.8 Å². The third kappa shape index (κ3) is 4.60. The highest BCUT2D eigenvalue weighted by atomic mass is 35.5. The summed E-state index contributed by atoms with van der Waals surface area (Å²) in [4.78, 5) is 28.8. The summed E-state index contributed by atoms with van der Waals surface area (Å²) in [5.74, 6) is -0.671. The molecule has 1 heterocycles. The average Bonchev–Trinajstić information content (AvgIpc) is 2.81. The SMILES string of the molecule is O=C(N/N=C/c1c(OC(=O)c2ccccc2Cl)ccc2ccccc12)c1ccncc1. The fourth-order valence-corrected chi connectivity index (χ4v) is 3.22. The lowest BCUT2D eigenvalue weighted by Gasteiger charge is -2.11. The molecule has 0 saturated heterocycles. The van der Waals surface area contributed by atoms with Crippen molar-refractivity contribution in [1.29, 1.82) is 0 Å². The van der Waals surface area contributed by atoms with Crippen LogP contribution in [0.15, 0.2) is 90.3 Å². The molecular weight excluding hydrogens is 414 g/mol. The van der Waals surface area contributed by atoms with Gasteiger partial charge in [0, 0.05) is 23.5 Å². The minimum absolute atomic E-state index is 0.256. The molecule has 0 saturated carbocycles. The van der Waals surface area contributed by atoms with Crippen LogP contribution in [0.2, 0.25) is 5.02 Å². The number of carbonyl (C=O) groups is 2. The Kier molecular flexibility index (Phi) is 6.01. The van der Waals surface area contributed by atoms with Gasteiger partial charge in [-0.1, -0.05) is 54.1 Å². The van der Waals surface area contributed by atoms with Crippen LogP contribution in [-0.2, 0) is 0 Å². The summed E-state index contributed by atoms with van der Waals surface area (Å²) < 4.78 is 5.63. The van der Waals surface area contributed by atoms with E-state index >= 15 is 0 Å². The lowest BCUT2D eigenvalue weighted by Crippen LogP contribution is -2.17. The van der Waals surface area contributed by atoms with E-state index in [-0.39, 0.29) is 11.5 Å². The zero-order valence-corrected chi connectivity index (χ0v) is 16.9. The number of fused-ring (bicyclic) bond motifs is 1. The third-order valence-corrected chi connectivity index (χ3v) is 4.86. The fourth-order valence-electron chi connectivity index (χ4n) is 3.00. The van der Waals surface area contributed by atoms with Gasteiger partial charge in [-0.2, -0.15) is 5.10 Å². The summed E-state index contributed by atoms with van der Waals surface area (Å²) >= 11 is 6.12. The zero-order chi connectivity index (χ0) is 21.6. The van der Waals surface area contributed by atoms with E-state index in [1.54, 1.807) is 42.5 Å². The summed E-state index contributed by atoms with van der Waals surface area (Å²) in [7, 11) is 0. The third-order valence-electron chi connectivity index (χ3n) is 4.53. The van der Waals surface area contributed by atoms with Gasteiger partial charge in [-0.15, -0.1) is 0 Å². The Morgan fingerprint density at radius 2 is 1.68 bits per heavy atom. The number of hydrogen-bond donors (Lipinski definition) is 1. The van der Waals surface area contributed by atoms with E-state index < -0.39 is 5.97 Å². The highest BCUT2D eigenvalue weighted by Crippen LogP contribution is 2.28. The largest absolute Gasteiger partial charge is 0.422 e. The fraction of sp³-hybridized carbons (Fsp3) is 0. The molecule has 4 aromatic rings. The van der Waals surface area contributed by atoms with Crippen LogP contribution in [0.3, 0.4) is 0 Å². The molecule has 6 nitrogen and oxygen atoms in total. The molecule has 0 aliphatic heterocycles. The van der Waals surface area contributed by atoms with Gasteiger partial charge in [0.15, 0.2) is 0 Å². The van der Waals surface area contributed by atoms with E-state index in [1.807, 2.05) is 30.3 Å². The molecule has 0 atom stereocenters. The molecule has 0 spiro atoms. The summed E-state index contributed by atoms with van der Waals surface area (Å²) in [5, 5.41) is 6.11. The van der Waals surface area contributed by atoms with E-state index in [9.17, 15) is 9.59 Å². The van der Waals surface area contributed by atoms with E-state index in [4.69, 9.17) is 16.3 Å². The van der Waals surface area contributed by atoms with Gasteiger partial charge in [-0.05, 0) is 41.1 Å². The van der Waals surface area contributed by atoms with Gasteiger partial charge in [-0.3, -0.25) is 9.78 Å². The molecule has 3 aromatic carbocycles. The summed E-state index contributed by atoms with van der Waals surface area (Å²) in [6.07, 6.45) is 4.50. The molecule has 0 bridgehead atoms. The second-order valence-electron chi connectivity index (χ2n) is 6.50. The van der Waals surface area contributed by atoms with Crippen LogP contribution in [0.5, 0.6) is 5.75 Å². The first-order chi connectivity index (χ1) is 15.1. The van der Waals surface area contributed by atoms with Crippen LogP contribution in [-0.4, -0.2) is 23.1 Å². The number of rotatable bonds is 5. The maximum atomic E-state index is 12.7.